The van der Waals surface area contributed by atoms with Crippen LogP contribution in [0.4, 0.5) is 36.3 Å². The molecule has 5 heterocycles. The Kier molecular flexibility index (Phi) is 5.11. The second kappa shape index (κ2) is 7.92. The Labute approximate surface area is 171 Å². The third-order valence-corrected chi connectivity index (χ3v) is 5.74. The van der Waals surface area contributed by atoms with Gasteiger partial charge in [-0.1, -0.05) is 0 Å². The van der Waals surface area contributed by atoms with E-state index in [2.05, 4.69) is 15.3 Å². The Hall–Kier alpha value is -2.59. The van der Waals surface area contributed by atoms with Crippen molar-refractivity contribution in [2.75, 3.05) is 54.6 Å². The molecule has 2 bridgehead atoms. The van der Waals surface area contributed by atoms with Crippen LogP contribution in [0.3, 0.4) is 0 Å². The fourth-order valence-electron chi connectivity index (χ4n) is 4.19. The molecule has 3 aliphatic heterocycles. The summed E-state index contributed by atoms with van der Waals surface area (Å²) >= 11 is 0. The summed E-state index contributed by atoms with van der Waals surface area (Å²) in [6.45, 7) is 3.32. The van der Waals surface area contributed by atoms with Crippen molar-refractivity contribution in [1.29, 1.82) is 0 Å². The van der Waals surface area contributed by atoms with Crippen molar-refractivity contribution in [1.82, 2.24) is 9.97 Å². The van der Waals surface area contributed by atoms with Crippen LogP contribution in [0, 0.1) is 5.82 Å². The van der Waals surface area contributed by atoms with E-state index < -0.39 is 6.43 Å². The second-order valence-electron chi connectivity index (χ2n) is 7.66. The highest BCUT2D eigenvalue weighted by Crippen LogP contribution is 2.38. The summed E-state index contributed by atoms with van der Waals surface area (Å²) in [4.78, 5) is 12.4. The molecule has 5 rings (SSSR count). The Morgan fingerprint density at radius 3 is 2.63 bits per heavy atom. The summed E-state index contributed by atoms with van der Waals surface area (Å²) in [5.74, 6) is 0.666. The SMILES string of the molecule is Fc1c(N2CC3CC2CO3)cc(Nc2ccc(C(F)F)cn2)nc1N1CCOCC1. The van der Waals surface area contributed by atoms with Gasteiger partial charge in [0.1, 0.15) is 11.6 Å². The number of halogens is 3. The van der Waals surface area contributed by atoms with Crippen LogP contribution in [0.25, 0.3) is 0 Å². The Bertz CT molecular complexity index is 908. The van der Waals surface area contributed by atoms with Gasteiger partial charge >= 0.3 is 0 Å². The number of hydrogen-bond donors (Lipinski definition) is 1. The molecule has 0 amide bonds. The van der Waals surface area contributed by atoms with Gasteiger partial charge in [-0.05, 0) is 18.6 Å². The van der Waals surface area contributed by atoms with Crippen molar-refractivity contribution >= 4 is 23.1 Å². The summed E-state index contributed by atoms with van der Waals surface area (Å²) in [6.07, 6.45) is -0.456. The normalized spacial score (nSPS) is 23.5. The van der Waals surface area contributed by atoms with Crippen molar-refractivity contribution in [3.8, 4) is 0 Å². The predicted octanol–water partition coefficient (Wildman–Crippen LogP) is 3.11. The van der Waals surface area contributed by atoms with Crippen LogP contribution in [0.15, 0.2) is 24.4 Å². The van der Waals surface area contributed by atoms with Crippen molar-refractivity contribution in [3.05, 3.63) is 35.8 Å². The van der Waals surface area contributed by atoms with Crippen LogP contribution in [0.1, 0.15) is 18.4 Å². The van der Waals surface area contributed by atoms with Crippen LogP contribution in [0.2, 0.25) is 0 Å². The molecule has 2 atom stereocenters. The molecule has 2 unspecified atom stereocenters. The summed E-state index contributed by atoms with van der Waals surface area (Å²) < 4.78 is 52.1. The fourth-order valence-corrected chi connectivity index (χ4v) is 4.19. The van der Waals surface area contributed by atoms with Crippen molar-refractivity contribution in [3.63, 3.8) is 0 Å². The van der Waals surface area contributed by atoms with Gasteiger partial charge in [0.25, 0.3) is 6.43 Å². The molecule has 0 spiro atoms. The molecule has 10 heteroatoms. The zero-order chi connectivity index (χ0) is 20.7. The first kappa shape index (κ1) is 19.4. The number of rotatable bonds is 5. The summed E-state index contributed by atoms with van der Waals surface area (Å²) in [7, 11) is 0. The molecule has 2 aromatic heterocycles. The Balaban J connectivity index is 1.48. The molecule has 0 aliphatic carbocycles. The first-order valence-electron chi connectivity index (χ1n) is 10.0. The van der Waals surface area contributed by atoms with Gasteiger partial charge in [0, 0.05) is 37.5 Å². The number of morpholine rings is 2. The third-order valence-electron chi connectivity index (χ3n) is 5.74. The highest BCUT2D eigenvalue weighted by molar-refractivity contribution is 5.67. The maximum Gasteiger partial charge on any atom is 0.265 e. The van der Waals surface area contributed by atoms with E-state index in [0.29, 0.717) is 56.8 Å². The van der Waals surface area contributed by atoms with Gasteiger partial charge in [0.2, 0.25) is 0 Å². The number of hydrogen-bond acceptors (Lipinski definition) is 7. The Morgan fingerprint density at radius 2 is 2.00 bits per heavy atom. The van der Waals surface area contributed by atoms with Gasteiger partial charge in [-0.3, -0.25) is 0 Å². The van der Waals surface area contributed by atoms with E-state index in [9.17, 15) is 8.78 Å². The van der Waals surface area contributed by atoms with E-state index in [1.54, 1.807) is 6.07 Å². The molecule has 3 fully saturated rings. The number of fused-ring (bicyclic) bond motifs is 2. The molecule has 0 radical (unpaired) electrons. The van der Waals surface area contributed by atoms with E-state index in [1.807, 2.05) is 9.80 Å². The molecular weight excluding hydrogens is 399 g/mol. The van der Waals surface area contributed by atoms with Gasteiger partial charge in [-0.2, -0.15) is 0 Å². The lowest BCUT2D eigenvalue weighted by molar-refractivity contribution is 0.0989. The van der Waals surface area contributed by atoms with Crippen LogP contribution in [-0.2, 0) is 9.47 Å². The minimum Gasteiger partial charge on any atom is -0.378 e. The fraction of sp³-hybridized carbons (Fsp3) is 0.500. The molecule has 3 aliphatic rings. The van der Waals surface area contributed by atoms with Crippen molar-refractivity contribution in [2.24, 2.45) is 0 Å². The van der Waals surface area contributed by atoms with Crippen LogP contribution in [0.5, 0.6) is 0 Å². The molecule has 3 saturated heterocycles. The predicted molar refractivity (Wildman–Crippen MR) is 105 cm³/mol. The Morgan fingerprint density at radius 1 is 1.17 bits per heavy atom. The van der Waals surface area contributed by atoms with Crippen molar-refractivity contribution < 1.29 is 22.6 Å². The van der Waals surface area contributed by atoms with Gasteiger partial charge in [-0.25, -0.2) is 23.1 Å². The molecule has 1 N–H and O–H groups in total. The van der Waals surface area contributed by atoms with Crippen LogP contribution >= 0.6 is 0 Å². The zero-order valence-corrected chi connectivity index (χ0v) is 16.2. The number of ether oxygens (including phenoxy) is 2. The molecule has 160 valence electrons. The topological polar surface area (TPSA) is 62.8 Å². The molecule has 2 aromatic rings. The highest BCUT2D eigenvalue weighted by atomic mass is 19.3. The molecule has 30 heavy (non-hydrogen) atoms. The second-order valence-corrected chi connectivity index (χ2v) is 7.66. The van der Waals surface area contributed by atoms with E-state index in [0.717, 1.165) is 12.6 Å². The quantitative estimate of drug-likeness (QED) is 0.796. The lowest BCUT2D eigenvalue weighted by atomic mass is 10.2. The van der Waals surface area contributed by atoms with Crippen LogP contribution in [-0.4, -0.2) is 61.6 Å². The average molecular weight is 421 g/mol. The minimum absolute atomic E-state index is 0.120. The largest absolute Gasteiger partial charge is 0.378 e. The highest BCUT2D eigenvalue weighted by Gasteiger charge is 2.40. The van der Waals surface area contributed by atoms with Gasteiger partial charge in [0.15, 0.2) is 11.6 Å². The first-order chi connectivity index (χ1) is 14.6. The number of anilines is 4. The molecule has 7 nitrogen and oxygen atoms in total. The van der Waals surface area contributed by atoms with E-state index in [-0.39, 0.29) is 29.3 Å². The average Bonchev–Trinajstić information content (AvgIpc) is 3.39. The molecular formula is C20H22F3N5O2. The lowest BCUT2D eigenvalue weighted by Gasteiger charge is -2.33. The standard InChI is InChI=1S/C20H22F3N5O2/c21-18-15(28-10-14-7-13(28)11-30-14)8-17(26-20(18)27-3-5-29-6-4-27)25-16-2-1-12(9-24-16)19(22)23/h1-2,8-9,13-14,19H,3-7,10-11H2,(H,24,25,26). The maximum atomic E-state index is 15.5. The van der Waals surface area contributed by atoms with Gasteiger partial charge in [-0.15, -0.1) is 0 Å². The van der Waals surface area contributed by atoms with E-state index in [1.165, 1.54) is 12.1 Å². The number of nitrogens with zero attached hydrogens (tertiary/aromatic N) is 4. The van der Waals surface area contributed by atoms with E-state index in [4.69, 9.17) is 9.47 Å². The van der Waals surface area contributed by atoms with Gasteiger partial charge < -0.3 is 24.6 Å². The zero-order valence-electron chi connectivity index (χ0n) is 16.2. The summed E-state index contributed by atoms with van der Waals surface area (Å²) in [5, 5.41) is 3.04. The smallest absolute Gasteiger partial charge is 0.265 e. The van der Waals surface area contributed by atoms with Crippen molar-refractivity contribution in [2.45, 2.75) is 25.0 Å². The number of aromatic nitrogens is 2. The summed E-state index contributed by atoms with van der Waals surface area (Å²) in [5.41, 5.74) is 0.310. The molecule has 0 aromatic carbocycles. The summed E-state index contributed by atoms with van der Waals surface area (Å²) in [6, 6.07) is 4.57. The monoisotopic (exact) mass is 421 g/mol. The van der Waals surface area contributed by atoms with Crippen LogP contribution < -0.4 is 15.1 Å². The minimum atomic E-state index is -2.58. The number of pyridine rings is 2. The molecule has 0 saturated carbocycles. The first-order valence-corrected chi connectivity index (χ1v) is 10.0. The van der Waals surface area contributed by atoms with Gasteiger partial charge in [0.05, 0.1) is 37.7 Å². The lowest BCUT2D eigenvalue weighted by Crippen LogP contribution is -2.40. The maximum absolute atomic E-state index is 15.5. The van der Waals surface area contributed by atoms with E-state index >= 15 is 4.39 Å². The number of nitrogens with one attached hydrogen (secondary N) is 1. The number of alkyl halides is 2. The third kappa shape index (κ3) is 3.65.